The van der Waals surface area contributed by atoms with E-state index in [1.807, 2.05) is 97.1 Å². The summed E-state index contributed by atoms with van der Waals surface area (Å²) in [4.78, 5) is 0.479. The van der Waals surface area contributed by atoms with Crippen molar-refractivity contribution in [2.24, 2.45) is 0 Å². The molecular formula is C45H34F6O2S2. The summed E-state index contributed by atoms with van der Waals surface area (Å²) in [5.41, 5.74) is 0.137. The second kappa shape index (κ2) is 14.7. The van der Waals surface area contributed by atoms with Gasteiger partial charge in [-0.25, -0.2) is 0 Å². The molecule has 6 aromatic rings. The van der Waals surface area contributed by atoms with Crippen molar-refractivity contribution in [3.63, 3.8) is 0 Å². The van der Waals surface area contributed by atoms with Crippen LogP contribution in [0.2, 0.25) is 0 Å². The smallest absolute Gasteiger partial charge is 0.380 e. The Morgan fingerprint density at radius 2 is 0.800 bits per heavy atom. The summed E-state index contributed by atoms with van der Waals surface area (Å²) in [5.74, 6) is -14.5. The highest BCUT2D eigenvalue weighted by atomic mass is 32.1. The lowest BCUT2D eigenvalue weighted by Crippen LogP contribution is -2.48. The molecule has 1 aliphatic rings. The summed E-state index contributed by atoms with van der Waals surface area (Å²) in [5, 5.41) is 0.419. The number of fused-ring (bicyclic) bond motifs is 2. The quantitative estimate of drug-likeness (QED) is 0.102. The Morgan fingerprint density at radius 3 is 1.15 bits per heavy atom. The number of ether oxygens (including phenoxy) is 2. The zero-order valence-corrected chi connectivity index (χ0v) is 31.7. The number of thiophene rings is 2. The van der Waals surface area contributed by atoms with Crippen LogP contribution in [-0.2, 0) is 0 Å². The van der Waals surface area contributed by atoms with Gasteiger partial charge in [-0.05, 0) is 72.5 Å². The van der Waals surface area contributed by atoms with Crippen LogP contribution in [0.3, 0.4) is 0 Å². The lowest BCUT2D eigenvalue weighted by molar-refractivity contribution is -0.254. The Labute approximate surface area is 322 Å². The van der Waals surface area contributed by atoms with Gasteiger partial charge in [0.05, 0.1) is 14.2 Å². The maximum Gasteiger partial charge on any atom is 0.380 e. The molecular weight excluding hydrogens is 751 g/mol. The third-order valence-corrected chi connectivity index (χ3v) is 11.7. The number of hydrogen-bond donors (Lipinski definition) is 0. The number of allylic oxidation sites excluding steroid dienone is 6. The van der Waals surface area contributed by atoms with Crippen LogP contribution in [0.1, 0.15) is 43.1 Å². The number of rotatable bonds is 10. The van der Waals surface area contributed by atoms with Crippen LogP contribution in [0.15, 0.2) is 109 Å². The standard InChI is InChI=1S/C45H34F6O2S2/c1-27-39(35-23-17-31(25-37(35)54-27)11-7-5-9-29-13-19-33(52-3)20-14-29)41-42(44(48,49)45(50,51)43(41,46)47)40-28(2)55-38-26-32(18-24-36(38)40)12-8-6-10-30-15-21-34(53-4)22-16-30/h5-26H,1-4H3. The van der Waals surface area contributed by atoms with Crippen molar-refractivity contribution in [1.82, 2.24) is 0 Å². The molecule has 0 aliphatic heterocycles. The van der Waals surface area contributed by atoms with Gasteiger partial charge in [-0.15, -0.1) is 22.7 Å². The van der Waals surface area contributed by atoms with Crippen LogP contribution in [-0.4, -0.2) is 32.0 Å². The van der Waals surface area contributed by atoms with E-state index >= 15 is 26.3 Å². The second-order valence-corrected chi connectivity index (χ2v) is 15.5. The van der Waals surface area contributed by atoms with Gasteiger partial charge >= 0.3 is 17.8 Å². The van der Waals surface area contributed by atoms with Crippen molar-refractivity contribution in [2.45, 2.75) is 31.6 Å². The molecule has 7 rings (SSSR count). The summed E-state index contributed by atoms with van der Waals surface area (Å²) in [6.07, 6.45) is 14.7. The molecule has 2 heterocycles. The lowest BCUT2D eigenvalue weighted by atomic mass is 9.91. The van der Waals surface area contributed by atoms with Gasteiger partial charge in [-0.2, -0.15) is 26.3 Å². The van der Waals surface area contributed by atoms with Crippen molar-refractivity contribution < 1.29 is 35.8 Å². The molecule has 280 valence electrons. The minimum atomic E-state index is -5.66. The summed E-state index contributed by atoms with van der Waals surface area (Å²) >= 11 is 2.20. The van der Waals surface area contributed by atoms with Crippen molar-refractivity contribution in [3.05, 3.63) is 152 Å². The van der Waals surface area contributed by atoms with E-state index in [9.17, 15) is 0 Å². The van der Waals surface area contributed by atoms with E-state index in [-0.39, 0.29) is 31.7 Å². The fourth-order valence-electron chi connectivity index (χ4n) is 6.79. The highest BCUT2D eigenvalue weighted by Crippen LogP contribution is 2.67. The lowest BCUT2D eigenvalue weighted by Gasteiger charge is -2.26. The van der Waals surface area contributed by atoms with E-state index in [1.54, 1.807) is 38.5 Å². The predicted octanol–water partition coefficient (Wildman–Crippen LogP) is 14.0. The van der Waals surface area contributed by atoms with Gasteiger partial charge in [-0.1, -0.05) is 97.1 Å². The van der Waals surface area contributed by atoms with Crippen molar-refractivity contribution in [2.75, 3.05) is 14.2 Å². The number of halogens is 6. The van der Waals surface area contributed by atoms with Gasteiger partial charge in [0.25, 0.3) is 0 Å². The third kappa shape index (κ3) is 6.82. The minimum Gasteiger partial charge on any atom is -0.497 e. The van der Waals surface area contributed by atoms with Crippen LogP contribution >= 0.6 is 22.7 Å². The Balaban J connectivity index is 1.26. The molecule has 0 amide bonds. The molecule has 2 aromatic heterocycles. The van der Waals surface area contributed by atoms with Crippen molar-refractivity contribution >= 4 is 78.3 Å². The van der Waals surface area contributed by atoms with Gasteiger partial charge in [0, 0.05) is 52.2 Å². The Morgan fingerprint density at radius 1 is 0.473 bits per heavy atom. The normalized spacial score (nSPS) is 16.6. The molecule has 55 heavy (non-hydrogen) atoms. The maximum atomic E-state index is 16.1. The number of hydrogen-bond acceptors (Lipinski definition) is 4. The van der Waals surface area contributed by atoms with E-state index in [1.165, 1.54) is 26.0 Å². The highest BCUT2D eigenvalue weighted by molar-refractivity contribution is 7.19. The first-order valence-corrected chi connectivity index (χ1v) is 18.8. The van der Waals surface area contributed by atoms with Gasteiger partial charge in [0.1, 0.15) is 11.5 Å². The number of aryl methyl sites for hydroxylation is 2. The molecule has 0 radical (unpaired) electrons. The average molecular weight is 785 g/mol. The second-order valence-electron chi connectivity index (χ2n) is 13.0. The first-order valence-electron chi connectivity index (χ1n) is 17.2. The maximum absolute atomic E-state index is 16.1. The monoisotopic (exact) mass is 784 g/mol. The fraction of sp³-hybridized carbons (Fsp3) is 0.156. The molecule has 0 unspecified atom stereocenters. The van der Waals surface area contributed by atoms with E-state index in [0.29, 0.717) is 9.40 Å². The first kappa shape index (κ1) is 38.0. The molecule has 0 N–H and O–H groups in total. The van der Waals surface area contributed by atoms with E-state index in [4.69, 9.17) is 9.47 Å². The molecule has 1 aliphatic carbocycles. The van der Waals surface area contributed by atoms with Gasteiger partial charge < -0.3 is 9.47 Å². The van der Waals surface area contributed by atoms with Crippen LogP contribution in [0.5, 0.6) is 11.5 Å². The number of alkyl halides is 6. The van der Waals surface area contributed by atoms with Gasteiger partial charge in [0.2, 0.25) is 0 Å². The molecule has 0 saturated heterocycles. The molecule has 10 heteroatoms. The number of benzene rings is 4. The van der Waals surface area contributed by atoms with Crippen LogP contribution in [0.4, 0.5) is 26.3 Å². The van der Waals surface area contributed by atoms with Gasteiger partial charge in [-0.3, -0.25) is 0 Å². The van der Waals surface area contributed by atoms with Crippen molar-refractivity contribution in [1.29, 1.82) is 0 Å². The largest absolute Gasteiger partial charge is 0.497 e. The molecule has 0 atom stereocenters. The molecule has 0 bridgehead atoms. The highest BCUT2D eigenvalue weighted by Gasteiger charge is 2.80. The average Bonchev–Trinajstić information content (AvgIpc) is 3.70. The molecule has 0 fully saturated rings. The first-order chi connectivity index (χ1) is 26.3. The van der Waals surface area contributed by atoms with Crippen LogP contribution < -0.4 is 9.47 Å². The van der Waals surface area contributed by atoms with E-state index in [2.05, 4.69) is 0 Å². The molecule has 0 spiro atoms. The Bertz CT molecular complexity index is 2380. The van der Waals surface area contributed by atoms with Gasteiger partial charge in [0.15, 0.2) is 0 Å². The molecule has 0 saturated carbocycles. The summed E-state index contributed by atoms with van der Waals surface area (Å²) in [7, 11) is 3.18. The predicted molar refractivity (Wildman–Crippen MR) is 217 cm³/mol. The molecule has 4 aromatic carbocycles. The molecule has 2 nitrogen and oxygen atoms in total. The van der Waals surface area contributed by atoms with E-state index < -0.39 is 28.9 Å². The zero-order valence-electron chi connectivity index (χ0n) is 30.1. The van der Waals surface area contributed by atoms with Crippen LogP contribution in [0, 0.1) is 13.8 Å². The van der Waals surface area contributed by atoms with Crippen molar-refractivity contribution in [3.8, 4) is 11.5 Å². The Kier molecular flexibility index (Phi) is 10.2. The minimum absolute atomic E-state index is 0.210. The summed E-state index contributed by atoms with van der Waals surface area (Å²) < 4.78 is 107. The fourth-order valence-corrected chi connectivity index (χ4v) is 9.02. The third-order valence-electron chi connectivity index (χ3n) is 9.56. The number of methoxy groups -OCH3 is 2. The summed E-state index contributed by atoms with van der Waals surface area (Å²) in [6.45, 7) is 3.01. The summed E-state index contributed by atoms with van der Waals surface area (Å²) in [6, 6.07) is 24.9. The topological polar surface area (TPSA) is 18.5 Å². The Hall–Kier alpha value is -5.32. The van der Waals surface area contributed by atoms with E-state index in [0.717, 1.165) is 56.4 Å². The van der Waals surface area contributed by atoms with Crippen LogP contribution in [0.25, 0.3) is 55.6 Å². The SMILES string of the molecule is COc1ccc(C=CC=Cc2ccc3c(C4=C(c5c(C)sc6cc(C=CC=Cc7ccc(OC)cc7)ccc56)C(F)(F)C(F)(F)C4(F)F)c(C)sc3c2)cc1. The zero-order chi connectivity index (χ0) is 39.1.